The average molecular weight is 569 g/mol. The van der Waals surface area contributed by atoms with Crippen molar-refractivity contribution in [3.63, 3.8) is 0 Å². The lowest BCUT2D eigenvalue weighted by atomic mass is 9.35. The van der Waals surface area contributed by atoms with E-state index in [9.17, 15) is 0 Å². The first-order valence-corrected chi connectivity index (χ1v) is 15.6. The van der Waals surface area contributed by atoms with Crippen LogP contribution in [0.5, 0.6) is 0 Å². The third-order valence-electron chi connectivity index (χ3n) is 10.1. The highest BCUT2D eigenvalue weighted by Gasteiger charge is 2.35. The van der Waals surface area contributed by atoms with E-state index >= 15 is 0 Å². The molecule has 1 aliphatic rings. The molecule has 0 aliphatic carbocycles. The number of hydrogen-bond acceptors (Lipinski definition) is 1. The van der Waals surface area contributed by atoms with E-state index in [4.69, 9.17) is 4.98 Å². The summed E-state index contributed by atoms with van der Waals surface area (Å²) in [5, 5.41) is 9.95. The summed E-state index contributed by atoms with van der Waals surface area (Å²) in [5.74, 6) is 0.946. The van der Waals surface area contributed by atoms with Crippen LogP contribution in [0.25, 0.3) is 76.6 Å². The molecule has 206 valence electrons. The molecule has 0 bridgehead atoms. The van der Waals surface area contributed by atoms with Gasteiger partial charge in [0.05, 0.1) is 22.1 Å². The van der Waals surface area contributed by atoms with Gasteiger partial charge in [-0.25, -0.2) is 4.98 Å². The maximum Gasteiger partial charge on any atom is 0.247 e. The van der Waals surface area contributed by atoms with Crippen molar-refractivity contribution in [2.45, 2.75) is 0 Å². The van der Waals surface area contributed by atoms with E-state index in [-0.39, 0.29) is 6.71 Å². The van der Waals surface area contributed by atoms with Gasteiger partial charge in [-0.15, -0.1) is 0 Å². The molecule has 3 nitrogen and oxygen atoms in total. The van der Waals surface area contributed by atoms with Crippen molar-refractivity contribution >= 4 is 94.0 Å². The topological polar surface area (TPSA) is 22.2 Å². The van der Waals surface area contributed by atoms with E-state index in [1.807, 2.05) is 0 Å². The molecule has 0 unspecified atom stereocenters. The molecule has 1 aliphatic heterocycles. The second kappa shape index (κ2) is 8.40. The summed E-state index contributed by atoms with van der Waals surface area (Å²) in [6, 6.07) is 53.4. The number of aromatic nitrogens is 3. The molecule has 0 saturated heterocycles. The van der Waals surface area contributed by atoms with Gasteiger partial charge >= 0.3 is 0 Å². The lowest BCUT2D eigenvalue weighted by molar-refractivity contribution is 1.07. The summed E-state index contributed by atoms with van der Waals surface area (Å²) in [6.07, 6.45) is 0. The van der Waals surface area contributed by atoms with Crippen molar-refractivity contribution in [3.8, 4) is 5.69 Å². The van der Waals surface area contributed by atoms with Crippen LogP contribution < -0.4 is 16.4 Å². The molecule has 2 aromatic heterocycles. The van der Waals surface area contributed by atoms with Gasteiger partial charge in [0.15, 0.2) is 0 Å². The summed E-state index contributed by atoms with van der Waals surface area (Å²) in [5.41, 5.74) is 9.79. The van der Waals surface area contributed by atoms with E-state index in [0.717, 1.165) is 16.8 Å². The van der Waals surface area contributed by atoms with E-state index in [1.54, 1.807) is 0 Å². The Hall–Kier alpha value is -5.87. The fourth-order valence-corrected chi connectivity index (χ4v) is 8.35. The molecule has 0 N–H and O–H groups in total. The summed E-state index contributed by atoms with van der Waals surface area (Å²) in [7, 11) is 0. The van der Waals surface area contributed by atoms with Gasteiger partial charge in [0.1, 0.15) is 0 Å². The Kier molecular flexibility index (Phi) is 4.40. The maximum atomic E-state index is 5.61. The quantitative estimate of drug-likeness (QED) is 0.146. The first kappa shape index (κ1) is 23.6. The molecule has 0 spiro atoms. The summed E-state index contributed by atoms with van der Waals surface area (Å²) >= 11 is 0. The highest BCUT2D eigenvalue weighted by atomic mass is 15.2. The first-order valence-electron chi connectivity index (χ1n) is 15.6. The lowest BCUT2D eigenvalue weighted by Gasteiger charge is -2.31. The fraction of sp³-hybridized carbons (Fsp3) is 0. The molecule has 0 fully saturated rings. The summed E-state index contributed by atoms with van der Waals surface area (Å²) in [6.45, 7) is 0.0913. The van der Waals surface area contributed by atoms with E-state index in [0.29, 0.717) is 0 Å². The molecule has 3 heterocycles. The Labute approximate surface area is 258 Å². The van der Waals surface area contributed by atoms with E-state index in [1.165, 1.54) is 76.2 Å². The number of hydrogen-bond donors (Lipinski definition) is 0. The standard InChI is InChI=1S/C41H24BN3/c1-2-13-27(14-3-1)42-33-23-21-26-12-10-20-34-36(26)40(33)45(35-24-22-25-11-4-5-15-28(25)37(35)42)41-43-38-31-18-8-6-16-29(31)30-17-7-9-19-32(30)39(38)44(34)41/h1-24H. The van der Waals surface area contributed by atoms with Crippen LogP contribution in [0.15, 0.2) is 146 Å². The van der Waals surface area contributed by atoms with Crippen LogP contribution in [0.3, 0.4) is 0 Å². The number of benzene rings is 8. The third-order valence-corrected chi connectivity index (χ3v) is 10.1. The van der Waals surface area contributed by atoms with Crippen LogP contribution in [0.2, 0.25) is 0 Å². The predicted molar refractivity (Wildman–Crippen MR) is 191 cm³/mol. The summed E-state index contributed by atoms with van der Waals surface area (Å²) < 4.78 is 4.90. The minimum atomic E-state index is 0.0913. The van der Waals surface area contributed by atoms with Gasteiger partial charge in [-0.2, -0.15) is 0 Å². The van der Waals surface area contributed by atoms with E-state index < -0.39 is 0 Å². The van der Waals surface area contributed by atoms with Gasteiger partial charge < -0.3 is 0 Å². The molecule has 0 saturated carbocycles. The van der Waals surface area contributed by atoms with Crippen molar-refractivity contribution in [1.82, 2.24) is 14.0 Å². The van der Waals surface area contributed by atoms with Gasteiger partial charge in [0, 0.05) is 21.8 Å². The van der Waals surface area contributed by atoms with E-state index in [2.05, 4.69) is 155 Å². The van der Waals surface area contributed by atoms with Crippen LogP contribution in [0.4, 0.5) is 0 Å². The molecule has 10 aromatic rings. The molecule has 11 rings (SSSR count). The number of rotatable bonds is 1. The number of nitrogens with zero attached hydrogens (tertiary/aromatic N) is 3. The van der Waals surface area contributed by atoms with Crippen molar-refractivity contribution in [2.24, 2.45) is 0 Å². The van der Waals surface area contributed by atoms with Gasteiger partial charge in [-0.3, -0.25) is 8.97 Å². The molecular weight excluding hydrogens is 545 g/mol. The Bertz CT molecular complexity index is 2880. The maximum absolute atomic E-state index is 5.61. The smallest absolute Gasteiger partial charge is 0.247 e. The first-order chi connectivity index (χ1) is 22.4. The highest BCUT2D eigenvalue weighted by molar-refractivity contribution is 6.99. The summed E-state index contributed by atoms with van der Waals surface area (Å²) in [4.78, 5) is 5.61. The van der Waals surface area contributed by atoms with Crippen molar-refractivity contribution < 1.29 is 0 Å². The predicted octanol–water partition coefficient (Wildman–Crippen LogP) is 7.87. The molecular formula is C41H24BN3. The van der Waals surface area contributed by atoms with Crippen molar-refractivity contribution in [3.05, 3.63) is 146 Å². The molecule has 45 heavy (non-hydrogen) atoms. The fourth-order valence-electron chi connectivity index (χ4n) is 8.35. The minimum absolute atomic E-state index is 0.0913. The molecule has 8 aromatic carbocycles. The zero-order valence-corrected chi connectivity index (χ0v) is 24.3. The highest BCUT2D eigenvalue weighted by Crippen LogP contribution is 2.40. The molecule has 0 radical (unpaired) electrons. The van der Waals surface area contributed by atoms with Gasteiger partial charge in [0.2, 0.25) is 12.5 Å². The van der Waals surface area contributed by atoms with Crippen molar-refractivity contribution in [2.75, 3.05) is 0 Å². The van der Waals surface area contributed by atoms with Crippen LogP contribution >= 0.6 is 0 Å². The SMILES string of the molecule is c1ccc(B2c3c(ccc4ccccc34)-n3c4c2ccc2cccc(c24)n2c4c5ccccc5c5ccccc5c4nc32)cc1. The van der Waals surface area contributed by atoms with Crippen molar-refractivity contribution in [1.29, 1.82) is 0 Å². The second-order valence-electron chi connectivity index (χ2n) is 12.3. The minimum Gasteiger partial charge on any atom is -0.281 e. The number of fused-ring (bicyclic) bond motifs is 14. The second-order valence-corrected chi connectivity index (χ2v) is 12.3. The normalized spacial score (nSPS) is 12.8. The Balaban J connectivity index is 1.46. The van der Waals surface area contributed by atoms with Gasteiger partial charge in [0.25, 0.3) is 0 Å². The average Bonchev–Trinajstić information content (AvgIpc) is 3.52. The zero-order chi connectivity index (χ0) is 29.2. The van der Waals surface area contributed by atoms with Crippen LogP contribution in [0, 0.1) is 0 Å². The van der Waals surface area contributed by atoms with Gasteiger partial charge in [-0.05, 0) is 50.0 Å². The largest absolute Gasteiger partial charge is 0.281 e. The van der Waals surface area contributed by atoms with Crippen LogP contribution in [0.1, 0.15) is 0 Å². The van der Waals surface area contributed by atoms with Crippen LogP contribution in [-0.2, 0) is 0 Å². The Morgan fingerprint density at radius 2 is 1.16 bits per heavy atom. The molecule has 0 amide bonds. The monoisotopic (exact) mass is 569 g/mol. The number of imidazole rings is 1. The Morgan fingerprint density at radius 3 is 2.00 bits per heavy atom. The molecule has 4 heteroatoms. The third kappa shape index (κ3) is 2.90. The molecule has 0 atom stereocenters. The van der Waals surface area contributed by atoms with Gasteiger partial charge in [-0.1, -0.05) is 139 Å². The van der Waals surface area contributed by atoms with Crippen LogP contribution in [-0.4, -0.2) is 20.7 Å². The lowest BCUT2D eigenvalue weighted by Crippen LogP contribution is -2.56. The Morgan fingerprint density at radius 1 is 0.489 bits per heavy atom. The zero-order valence-electron chi connectivity index (χ0n) is 24.3.